The number of rotatable bonds is 1. The average molecular weight is 351 g/mol. The fourth-order valence-corrected chi connectivity index (χ4v) is 3.49. The molecule has 1 N–H and O–H groups in total. The van der Waals surface area contributed by atoms with Gasteiger partial charge in [-0.3, -0.25) is 9.69 Å². The number of likely N-dealkylation sites (tertiary alicyclic amines) is 1. The smallest absolute Gasteiger partial charge is 0.249 e. The molecule has 4 rings (SSSR count). The third-order valence-electron chi connectivity index (χ3n) is 4.55. The summed E-state index contributed by atoms with van der Waals surface area (Å²) in [4.78, 5) is 23.9. The van der Waals surface area contributed by atoms with Crippen molar-refractivity contribution in [3.8, 4) is 0 Å². The Balaban J connectivity index is 0.000000225. The SMILES string of the molecule is CN1CCCC12C(=O)Nc1ccc(Br)cc12.O=CC1CC1. The molecule has 0 bridgehead atoms. The minimum absolute atomic E-state index is 0.126. The highest BCUT2D eigenvalue weighted by Crippen LogP contribution is 2.46. The summed E-state index contributed by atoms with van der Waals surface area (Å²) in [7, 11) is 2.03. The highest BCUT2D eigenvalue weighted by Gasteiger charge is 2.52. The molecule has 0 aromatic heterocycles. The number of nitrogens with zero attached hydrogens (tertiary/aromatic N) is 1. The molecular formula is C16H19BrN2O2. The second kappa shape index (κ2) is 5.54. The normalized spacial score (nSPS) is 27.0. The maximum Gasteiger partial charge on any atom is 0.249 e. The molecule has 1 unspecified atom stereocenters. The van der Waals surface area contributed by atoms with E-state index in [0.717, 1.165) is 54.2 Å². The van der Waals surface area contributed by atoms with E-state index < -0.39 is 5.54 Å². The van der Waals surface area contributed by atoms with Crippen LogP contribution in [0, 0.1) is 5.92 Å². The molecule has 1 atom stereocenters. The summed E-state index contributed by atoms with van der Waals surface area (Å²) in [6.45, 7) is 0.985. The van der Waals surface area contributed by atoms with Crippen molar-refractivity contribution < 1.29 is 9.59 Å². The van der Waals surface area contributed by atoms with E-state index in [1.807, 2.05) is 19.2 Å². The molecule has 5 heteroatoms. The molecule has 3 aliphatic rings. The van der Waals surface area contributed by atoms with E-state index in [9.17, 15) is 9.59 Å². The van der Waals surface area contributed by atoms with Gasteiger partial charge >= 0.3 is 0 Å². The highest BCUT2D eigenvalue weighted by atomic mass is 79.9. The van der Waals surface area contributed by atoms with E-state index in [0.29, 0.717) is 5.92 Å². The molecule has 1 aliphatic carbocycles. The average Bonchev–Trinajstić information content (AvgIpc) is 3.18. The number of hydrogen-bond acceptors (Lipinski definition) is 3. The van der Waals surface area contributed by atoms with Gasteiger partial charge in [0.25, 0.3) is 0 Å². The lowest BCUT2D eigenvalue weighted by Gasteiger charge is -2.29. The Morgan fingerprint density at radius 1 is 1.43 bits per heavy atom. The number of amides is 1. The number of aldehydes is 1. The number of carbonyl (C=O) groups excluding carboxylic acids is 2. The molecule has 1 aromatic rings. The Morgan fingerprint density at radius 2 is 2.19 bits per heavy atom. The summed E-state index contributed by atoms with van der Waals surface area (Å²) >= 11 is 3.48. The molecule has 112 valence electrons. The first-order valence-electron chi connectivity index (χ1n) is 7.36. The van der Waals surface area contributed by atoms with E-state index in [4.69, 9.17) is 0 Å². The van der Waals surface area contributed by atoms with Crippen LogP contribution in [0.15, 0.2) is 22.7 Å². The van der Waals surface area contributed by atoms with Gasteiger partial charge in [-0.05, 0) is 57.5 Å². The van der Waals surface area contributed by atoms with Crippen LogP contribution in [0.4, 0.5) is 5.69 Å². The predicted molar refractivity (Wildman–Crippen MR) is 85.1 cm³/mol. The maximum absolute atomic E-state index is 12.2. The van der Waals surface area contributed by atoms with E-state index in [-0.39, 0.29) is 5.91 Å². The Morgan fingerprint density at radius 3 is 2.71 bits per heavy atom. The largest absolute Gasteiger partial charge is 0.324 e. The summed E-state index contributed by atoms with van der Waals surface area (Å²) in [6.07, 6.45) is 5.31. The third-order valence-corrected chi connectivity index (χ3v) is 5.04. The number of fused-ring (bicyclic) bond motifs is 2. The molecule has 0 radical (unpaired) electrons. The molecule has 4 nitrogen and oxygen atoms in total. The number of anilines is 1. The van der Waals surface area contributed by atoms with Gasteiger partial charge in [0, 0.05) is 21.6 Å². The summed E-state index contributed by atoms with van der Waals surface area (Å²) in [5.41, 5.74) is 1.66. The molecule has 2 heterocycles. The van der Waals surface area contributed by atoms with E-state index in [2.05, 4.69) is 32.2 Å². The highest BCUT2D eigenvalue weighted by molar-refractivity contribution is 9.10. The predicted octanol–water partition coefficient (Wildman–Crippen LogP) is 2.92. The van der Waals surface area contributed by atoms with Gasteiger partial charge in [0.2, 0.25) is 5.91 Å². The topological polar surface area (TPSA) is 49.4 Å². The lowest BCUT2D eigenvalue weighted by atomic mass is 9.89. The first kappa shape index (κ1) is 14.7. The van der Waals surface area contributed by atoms with Crippen LogP contribution < -0.4 is 5.32 Å². The molecule has 21 heavy (non-hydrogen) atoms. The Labute approximate surface area is 133 Å². The zero-order chi connectivity index (χ0) is 15.0. The minimum Gasteiger partial charge on any atom is -0.324 e. The van der Waals surface area contributed by atoms with Gasteiger partial charge in [-0.2, -0.15) is 0 Å². The monoisotopic (exact) mass is 350 g/mol. The molecule has 2 aliphatic heterocycles. The molecule has 2 fully saturated rings. The van der Waals surface area contributed by atoms with Crippen molar-refractivity contribution in [2.45, 2.75) is 31.2 Å². The fraction of sp³-hybridized carbons (Fsp3) is 0.500. The van der Waals surface area contributed by atoms with Gasteiger partial charge in [-0.15, -0.1) is 0 Å². The van der Waals surface area contributed by atoms with Crippen molar-refractivity contribution in [3.63, 3.8) is 0 Å². The number of benzene rings is 1. The third kappa shape index (κ3) is 2.53. The van der Waals surface area contributed by atoms with E-state index >= 15 is 0 Å². The van der Waals surface area contributed by atoms with Crippen LogP contribution in [-0.2, 0) is 15.1 Å². The number of hydrogen-bond donors (Lipinski definition) is 1. The molecule has 1 spiro atoms. The maximum atomic E-state index is 12.2. The van der Waals surface area contributed by atoms with Crippen LogP contribution in [0.25, 0.3) is 0 Å². The standard InChI is InChI=1S/C12H13BrN2O.C4H6O/c1-15-6-2-5-12(15)9-7-8(13)3-4-10(9)14-11(12)16;5-3-4-1-2-4/h3-4,7H,2,5-6H2,1H3,(H,14,16);3-4H,1-2H2. The number of likely N-dealkylation sites (N-methyl/N-ethyl adjacent to an activating group) is 1. The van der Waals surface area contributed by atoms with Gasteiger partial charge in [-0.25, -0.2) is 0 Å². The molecule has 1 saturated carbocycles. The van der Waals surface area contributed by atoms with Crippen LogP contribution in [0.1, 0.15) is 31.2 Å². The van der Waals surface area contributed by atoms with Crippen molar-refractivity contribution in [1.29, 1.82) is 0 Å². The van der Waals surface area contributed by atoms with E-state index in [1.165, 1.54) is 0 Å². The Bertz CT molecular complexity index is 586. The fourth-order valence-electron chi connectivity index (χ4n) is 3.13. The molecule has 1 amide bonds. The van der Waals surface area contributed by atoms with Gasteiger partial charge in [-0.1, -0.05) is 15.9 Å². The summed E-state index contributed by atoms with van der Waals surface area (Å²) in [5, 5.41) is 2.99. The van der Waals surface area contributed by atoms with Crippen LogP contribution in [0.5, 0.6) is 0 Å². The summed E-state index contributed by atoms with van der Waals surface area (Å²) < 4.78 is 1.03. The van der Waals surface area contributed by atoms with Crippen molar-refractivity contribution in [3.05, 3.63) is 28.2 Å². The lowest BCUT2D eigenvalue weighted by Crippen LogP contribution is -2.44. The van der Waals surface area contributed by atoms with Crippen LogP contribution in [0.3, 0.4) is 0 Å². The lowest BCUT2D eigenvalue weighted by molar-refractivity contribution is -0.125. The number of nitrogens with one attached hydrogen (secondary N) is 1. The second-order valence-electron chi connectivity index (χ2n) is 6.00. The summed E-state index contributed by atoms with van der Waals surface area (Å²) in [5.74, 6) is 0.579. The van der Waals surface area contributed by atoms with Crippen molar-refractivity contribution in [2.24, 2.45) is 5.92 Å². The van der Waals surface area contributed by atoms with Crippen molar-refractivity contribution in [1.82, 2.24) is 4.90 Å². The quantitative estimate of drug-likeness (QED) is 0.792. The molecule has 1 aromatic carbocycles. The Kier molecular flexibility index (Phi) is 3.88. The molecule has 1 saturated heterocycles. The van der Waals surface area contributed by atoms with E-state index in [1.54, 1.807) is 0 Å². The molecular weight excluding hydrogens is 332 g/mol. The van der Waals surface area contributed by atoms with Gasteiger partial charge < -0.3 is 10.1 Å². The zero-order valence-corrected chi connectivity index (χ0v) is 13.6. The van der Waals surface area contributed by atoms with Gasteiger partial charge in [0.1, 0.15) is 11.8 Å². The van der Waals surface area contributed by atoms with Gasteiger partial charge in [0.15, 0.2) is 0 Å². The van der Waals surface area contributed by atoms with Crippen molar-refractivity contribution in [2.75, 3.05) is 18.9 Å². The first-order chi connectivity index (χ1) is 10.1. The van der Waals surface area contributed by atoms with Crippen molar-refractivity contribution >= 4 is 33.8 Å². The number of carbonyl (C=O) groups is 2. The first-order valence-corrected chi connectivity index (χ1v) is 8.15. The Hall–Kier alpha value is -1.20. The minimum atomic E-state index is -0.418. The van der Waals surface area contributed by atoms with Crippen LogP contribution >= 0.6 is 15.9 Å². The van der Waals surface area contributed by atoms with Crippen LogP contribution in [0.2, 0.25) is 0 Å². The zero-order valence-electron chi connectivity index (χ0n) is 12.1. The second-order valence-corrected chi connectivity index (χ2v) is 6.92. The number of halogens is 1. The van der Waals surface area contributed by atoms with Crippen LogP contribution in [-0.4, -0.2) is 30.7 Å². The summed E-state index contributed by atoms with van der Waals surface area (Å²) in [6, 6.07) is 6.00. The van der Waals surface area contributed by atoms with Gasteiger partial charge in [0.05, 0.1) is 0 Å².